The van der Waals surface area contributed by atoms with Crippen molar-refractivity contribution in [2.45, 2.75) is 26.2 Å². The van der Waals surface area contributed by atoms with Crippen LogP contribution >= 0.6 is 11.3 Å². The van der Waals surface area contributed by atoms with Crippen molar-refractivity contribution in [3.05, 3.63) is 70.6 Å². The molecular formula is C27H21F2N5O2S. The summed E-state index contributed by atoms with van der Waals surface area (Å²) in [5.74, 6) is 6.22. The molecule has 0 bridgehead atoms. The van der Waals surface area contributed by atoms with Crippen molar-refractivity contribution in [2.24, 2.45) is 5.92 Å². The van der Waals surface area contributed by atoms with Gasteiger partial charge >= 0.3 is 0 Å². The zero-order chi connectivity index (χ0) is 25.9. The fourth-order valence-electron chi connectivity index (χ4n) is 3.57. The number of carbonyl (C=O) groups excluding carboxylic acids is 1. The van der Waals surface area contributed by atoms with E-state index in [4.69, 9.17) is 4.74 Å². The number of hydrogen-bond acceptors (Lipinski definition) is 7. The van der Waals surface area contributed by atoms with Crippen molar-refractivity contribution >= 4 is 22.4 Å². The summed E-state index contributed by atoms with van der Waals surface area (Å²) in [7, 11) is 1.41. The Hall–Kier alpha value is -4.23. The number of aromatic nitrogens is 4. The van der Waals surface area contributed by atoms with E-state index in [-0.39, 0.29) is 16.4 Å². The average Bonchev–Trinajstić information content (AvgIpc) is 3.64. The number of nitrogens with zero attached hydrogens (tertiary/aromatic N) is 4. The standard InChI is InChI=1S/C27H21F2N5O2S/c1-15-3-8-17(9-4-15)21-11-18(19-12-22(25(28)29)31-14-23(19)36-2)20(13-30-21)26(35)32-27-34-33-24(37-27)10-7-16-5-6-16/h3-4,8-9,11-14,16,25H,5-6H2,1-2H3,(H,32,34,35). The molecule has 7 nitrogen and oxygen atoms in total. The van der Waals surface area contributed by atoms with Gasteiger partial charge in [-0.2, -0.15) is 0 Å². The highest BCUT2D eigenvalue weighted by Crippen LogP contribution is 2.36. The fraction of sp³-hybridized carbons (Fsp3) is 0.222. The monoisotopic (exact) mass is 517 g/mol. The molecule has 1 aliphatic rings. The van der Waals surface area contributed by atoms with E-state index in [1.54, 1.807) is 6.07 Å². The normalized spacial score (nSPS) is 12.7. The predicted molar refractivity (Wildman–Crippen MR) is 137 cm³/mol. The molecule has 0 spiro atoms. The number of nitrogens with one attached hydrogen (secondary N) is 1. The van der Waals surface area contributed by atoms with Gasteiger partial charge in [-0.25, -0.2) is 8.78 Å². The molecule has 10 heteroatoms. The van der Waals surface area contributed by atoms with Gasteiger partial charge in [0.1, 0.15) is 11.4 Å². The Labute approximate surface area is 216 Å². The molecule has 4 aromatic rings. The molecule has 1 N–H and O–H groups in total. The van der Waals surface area contributed by atoms with E-state index in [9.17, 15) is 13.6 Å². The van der Waals surface area contributed by atoms with Crippen molar-refractivity contribution < 1.29 is 18.3 Å². The Morgan fingerprint density at radius 1 is 1.11 bits per heavy atom. The molecule has 1 fully saturated rings. The molecule has 0 unspecified atom stereocenters. The van der Waals surface area contributed by atoms with Crippen LogP contribution in [0.5, 0.6) is 5.75 Å². The molecule has 3 heterocycles. The minimum Gasteiger partial charge on any atom is -0.494 e. The highest BCUT2D eigenvalue weighted by molar-refractivity contribution is 7.15. The number of anilines is 1. The summed E-state index contributed by atoms with van der Waals surface area (Å²) < 4.78 is 32.5. The van der Waals surface area contributed by atoms with Crippen LogP contribution in [0.15, 0.2) is 48.8 Å². The first-order valence-corrected chi connectivity index (χ1v) is 12.3. The molecule has 5 rings (SSSR count). The van der Waals surface area contributed by atoms with E-state index in [2.05, 4.69) is 37.3 Å². The lowest BCUT2D eigenvalue weighted by Gasteiger charge is -2.15. The predicted octanol–water partition coefficient (Wildman–Crippen LogP) is 5.93. The molecular weight excluding hydrogens is 496 g/mol. The van der Waals surface area contributed by atoms with Crippen LogP contribution in [0.4, 0.5) is 13.9 Å². The highest BCUT2D eigenvalue weighted by atomic mass is 32.1. The minimum atomic E-state index is -2.79. The van der Waals surface area contributed by atoms with E-state index < -0.39 is 18.0 Å². The smallest absolute Gasteiger partial charge is 0.280 e. The van der Waals surface area contributed by atoms with Gasteiger partial charge < -0.3 is 4.74 Å². The Kier molecular flexibility index (Phi) is 6.88. The second-order valence-electron chi connectivity index (χ2n) is 8.50. The lowest BCUT2D eigenvalue weighted by atomic mass is 9.97. The van der Waals surface area contributed by atoms with Crippen LogP contribution in [0.25, 0.3) is 22.4 Å². The van der Waals surface area contributed by atoms with Crippen LogP contribution in [-0.2, 0) is 0 Å². The van der Waals surface area contributed by atoms with Gasteiger partial charge in [-0.05, 0) is 37.8 Å². The highest BCUT2D eigenvalue weighted by Gasteiger charge is 2.22. The number of rotatable bonds is 6. The van der Waals surface area contributed by atoms with E-state index in [1.807, 2.05) is 31.2 Å². The van der Waals surface area contributed by atoms with Crippen LogP contribution < -0.4 is 10.1 Å². The molecule has 1 aromatic carbocycles. The van der Waals surface area contributed by atoms with Gasteiger partial charge in [-0.1, -0.05) is 47.1 Å². The van der Waals surface area contributed by atoms with Crippen molar-refractivity contribution in [1.82, 2.24) is 20.2 Å². The van der Waals surface area contributed by atoms with Crippen LogP contribution in [-0.4, -0.2) is 33.2 Å². The SMILES string of the molecule is COc1cnc(C(F)F)cc1-c1cc(-c2ccc(C)cc2)ncc1C(=O)Nc1nnc(C#CC2CC2)s1. The number of aryl methyl sites for hydroxylation is 1. The molecule has 1 saturated carbocycles. The maximum Gasteiger partial charge on any atom is 0.280 e. The molecule has 0 radical (unpaired) electrons. The van der Waals surface area contributed by atoms with Crippen molar-refractivity contribution in [2.75, 3.05) is 12.4 Å². The maximum absolute atomic E-state index is 13.5. The van der Waals surface area contributed by atoms with Gasteiger partial charge in [0.25, 0.3) is 12.3 Å². The van der Waals surface area contributed by atoms with Gasteiger partial charge in [0.05, 0.1) is 24.6 Å². The number of carbonyl (C=O) groups is 1. The number of ether oxygens (including phenoxy) is 1. The molecule has 37 heavy (non-hydrogen) atoms. The molecule has 0 saturated heterocycles. The van der Waals surface area contributed by atoms with Gasteiger partial charge in [0.2, 0.25) is 5.13 Å². The molecule has 1 aliphatic carbocycles. The number of alkyl halides is 2. The zero-order valence-electron chi connectivity index (χ0n) is 20.0. The van der Waals surface area contributed by atoms with Crippen molar-refractivity contribution in [3.63, 3.8) is 0 Å². The van der Waals surface area contributed by atoms with E-state index in [1.165, 1.54) is 25.6 Å². The maximum atomic E-state index is 13.5. The Morgan fingerprint density at radius 3 is 2.59 bits per heavy atom. The number of benzene rings is 1. The molecule has 0 aliphatic heterocycles. The Balaban J connectivity index is 1.56. The number of amides is 1. The quantitative estimate of drug-likeness (QED) is 0.319. The third-order valence-corrected chi connectivity index (χ3v) is 6.48. The lowest BCUT2D eigenvalue weighted by Crippen LogP contribution is -2.14. The van der Waals surface area contributed by atoms with E-state index in [0.717, 1.165) is 35.3 Å². The van der Waals surface area contributed by atoms with E-state index in [0.29, 0.717) is 27.7 Å². The summed E-state index contributed by atoms with van der Waals surface area (Å²) in [6.07, 6.45) is 2.03. The zero-order valence-corrected chi connectivity index (χ0v) is 20.8. The second kappa shape index (κ2) is 10.4. The topological polar surface area (TPSA) is 89.9 Å². The van der Waals surface area contributed by atoms with Gasteiger partial charge in [-0.15, -0.1) is 10.2 Å². The van der Waals surface area contributed by atoms with E-state index >= 15 is 0 Å². The first-order chi connectivity index (χ1) is 17.9. The van der Waals surface area contributed by atoms with Gasteiger partial charge in [0, 0.05) is 28.8 Å². The van der Waals surface area contributed by atoms with Crippen LogP contribution in [0.1, 0.15) is 45.9 Å². The summed E-state index contributed by atoms with van der Waals surface area (Å²) >= 11 is 1.16. The fourth-order valence-corrected chi connectivity index (χ4v) is 4.17. The first-order valence-electron chi connectivity index (χ1n) is 11.5. The third-order valence-electron chi connectivity index (χ3n) is 5.72. The first kappa shape index (κ1) is 24.5. The van der Waals surface area contributed by atoms with Crippen LogP contribution in [0.3, 0.4) is 0 Å². The molecule has 1 amide bonds. The Bertz CT molecular complexity index is 1520. The summed E-state index contributed by atoms with van der Waals surface area (Å²) in [6, 6.07) is 10.6. The number of methoxy groups -OCH3 is 1. The van der Waals surface area contributed by atoms with Gasteiger partial charge in [0.15, 0.2) is 5.01 Å². The molecule has 3 aromatic heterocycles. The minimum absolute atomic E-state index is 0.154. The summed E-state index contributed by atoms with van der Waals surface area (Å²) in [5.41, 5.74) is 2.83. The summed E-state index contributed by atoms with van der Waals surface area (Å²) in [4.78, 5) is 21.6. The van der Waals surface area contributed by atoms with Crippen LogP contribution in [0, 0.1) is 24.7 Å². The van der Waals surface area contributed by atoms with Gasteiger partial charge in [-0.3, -0.25) is 20.1 Å². The number of halogens is 2. The lowest BCUT2D eigenvalue weighted by molar-refractivity contribution is 0.102. The van der Waals surface area contributed by atoms with Crippen molar-refractivity contribution in [1.29, 1.82) is 0 Å². The summed E-state index contributed by atoms with van der Waals surface area (Å²) in [6.45, 7) is 1.97. The third kappa shape index (κ3) is 5.62. The molecule has 0 atom stereocenters. The average molecular weight is 518 g/mol. The summed E-state index contributed by atoms with van der Waals surface area (Å²) in [5, 5.41) is 11.5. The van der Waals surface area contributed by atoms with Crippen molar-refractivity contribution in [3.8, 4) is 40.0 Å². The number of pyridine rings is 2. The Morgan fingerprint density at radius 2 is 1.89 bits per heavy atom. The molecule has 186 valence electrons. The van der Waals surface area contributed by atoms with Crippen LogP contribution in [0.2, 0.25) is 0 Å². The largest absolute Gasteiger partial charge is 0.494 e. The number of hydrogen-bond donors (Lipinski definition) is 1. The second-order valence-corrected chi connectivity index (χ2v) is 9.48.